The minimum absolute atomic E-state index is 0.195. The van der Waals surface area contributed by atoms with Gasteiger partial charge >= 0.3 is 5.97 Å². The highest BCUT2D eigenvalue weighted by molar-refractivity contribution is 6.30. The van der Waals surface area contributed by atoms with Crippen LogP contribution in [-0.4, -0.2) is 37.0 Å². The van der Waals surface area contributed by atoms with Crippen molar-refractivity contribution in [3.05, 3.63) is 70.5 Å². The van der Waals surface area contributed by atoms with E-state index in [2.05, 4.69) is 0 Å². The van der Waals surface area contributed by atoms with Crippen molar-refractivity contribution in [2.45, 2.75) is 13.3 Å². The number of ether oxygens (including phenoxy) is 1. The van der Waals surface area contributed by atoms with E-state index in [4.69, 9.17) is 16.3 Å². The Bertz CT molecular complexity index is 747. The number of carbonyl (C=O) groups is 2. The maximum Gasteiger partial charge on any atom is 0.310 e. The molecule has 138 valence electrons. The third-order valence-corrected chi connectivity index (χ3v) is 4.31. The van der Waals surface area contributed by atoms with Gasteiger partial charge in [-0.15, -0.1) is 0 Å². The zero-order valence-corrected chi connectivity index (χ0v) is 15.5. The van der Waals surface area contributed by atoms with Crippen molar-refractivity contribution >= 4 is 23.5 Å². The second kappa shape index (κ2) is 9.34. The molecule has 4 nitrogen and oxygen atoms in total. The minimum Gasteiger partial charge on any atom is -0.469 e. The lowest BCUT2D eigenvalue weighted by atomic mass is 10.1. The molecule has 2 rings (SSSR count). The van der Waals surface area contributed by atoms with Crippen LogP contribution in [0.4, 0.5) is 4.39 Å². The van der Waals surface area contributed by atoms with Gasteiger partial charge in [0.15, 0.2) is 0 Å². The third-order valence-electron chi connectivity index (χ3n) is 4.06. The number of amides is 1. The van der Waals surface area contributed by atoms with Gasteiger partial charge in [-0.3, -0.25) is 9.59 Å². The topological polar surface area (TPSA) is 46.6 Å². The van der Waals surface area contributed by atoms with Crippen LogP contribution in [0.5, 0.6) is 0 Å². The molecule has 0 heterocycles. The van der Waals surface area contributed by atoms with Gasteiger partial charge in [-0.1, -0.05) is 30.7 Å². The van der Waals surface area contributed by atoms with Crippen molar-refractivity contribution < 1.29 is 18.7 Å². The lowest BCUT2D eigenvalue weighted by molar-refractivity contribution is -0.145. The van der Waals surface area contributed by atoms with Crippen molar-refractivity contribution in [1.29, 1.82) is 0 Å². The molecule has 0 bridgehead atoms. The second-order valence-electron chi connectivity index (χ2n) is 6.06. The first kappa shape index (κ1) is 19.9. The Hall–Kier alpha value is -2.40. The summed E-state index contributed by atoms with van der Waals surface area (Å²) < 4.78 is 17.8. The van der Waals surface area contributed by atoms with Gasteiger partial charge in [-0.25, -0.2) is 4.39 Å². The number of nitrogens with zero attached hydrogens (tertiary/aromatic N) is 1. The van der Waals surface area contributed by atoms with Gasteiger partial charge in [0, 0.05) is 23.7 Å². The van der Waals surface area contributed by atoms with Crippen LogP contribution in [0.1, 0.15) is 22.8 Å². The number of benzene rings is 2. The van der Waals surface area contributed by atoms with Crippen molar-refractivity contribution in [2.24, 2.45) is 5.92 Å². The predicted octanol–water partition coefficient (Wildman–Crippen LogP) is 3.97. The van der Waals surface area contributed by atoms with Crippen molar-refractivity contribution in [2.75, 3.05) is 20.2 Å². The molecule has 2 aromatic rings. The minimum atomic E-state index is -0.454. The Morgan fingerprint density at radius 1 is 1.12 bits per heavy atom. The number of rotatable bonds is 7. The summed E-state index contributed by atoms with van der Waals surface area (Å²) in [5, 5.41) is 0.544. The summed E-state index contributed by atoms with van der Waals surface area (Å²) >= 11 is 5.88. The summed E-state index contributed by atoms with van der Waals surface area (Å²) in [6.07, 6.45) is 0.549. The van der Waals surface area contributed by atoms with Gasteiger partial charge < -0.3 is 9.64 Å². The molecule has 6 heteroatoms. The van der Waals surface area contributed by atoms with Crippen LogP contribution in [0, 0.1) is 11.7 Å². The average molecular weight is 378 g/mol. The van der Waals surface area contributed by atoms with E-state index in [1.807, 2.05) is 0 Å². The van der Waals surface area contributed by atoms with E-state index in [0.717, 1.165) is 5.56 Å². The molecule has 26 heavy (non-hydrogen) atoms. The van der Waals surface area contributed by atoms with Crippen LogP contribution < -0.4 is 0 Å². The zero-order chi connectivity index (χ0) is 19.1. The molecule has 0 fully saturated rings. The van der Waals surface area contributed by atoms with E-state index in [0.29, 0.717) is 23.6 Å². The van der Waals surface area contributed by atoms with Crippen molar-refractivity contribution in [3.8, 4) is 0 Å². The SMILES string of the molecule is COC(=O)C(C)CN(CCc1ccc(F)cc1)C(=O)c1ccc(Cl)cc1. The number of esters is 1. The molecule has 0 radical (unpaired) electrons. The first-order chi connectivity index (χ1) is 12.4. The number of methoxy groups -OCH3 is 1. The Morgan fingerprint density at radius 2 is 1.73 bits per heavy atom. The maximum absolute atomic E-state index is 13.0. The predicted molar refractivity (Wildman–Crippen MR) is 98.6 cm³/mol. The van der Waals surface area contributed by atoms with E-state index in [9.17, 15) is 14.0 Å². The maximum atomic E-state index is 13.0. The fourth-order valence-corrected chi connectivity index (χ4v) is 2.70. The lowest BCUT2D eigenvalue weighted by Gasteiger charge is -2.25. The van der Waals surface area contributed by atoms with Crippen molar-refractivity contribution in [1.82, 2.24) is 4.90 Å². The third kappa shape index (κ3) is 5.56. The van der Waals surface area contributed by atoms with Crippen LogP contribution in [0.15, 0.2) is 48.5 Å². The van der Waals surface area contributed by atoms with E-state index in [-0.39, 0.29) is 24.2 Å². The number of hydrogen-bond donors (Lipinski definition) is 0. The van der Waals surface area contributed by atoms with E-state index in [1.165, 1.54) is 19.2 Å². The molecule has 2 aromatic carbocycles. The molecular formula is C20H21ClFNO3. The van der Waals surface area contributed by atoms with Crippen LogP contribution in [-0.2, 0) is 16.0 Å². The Balaban J connectivity index is 2.14. The normalized spacial score (nSPS) is 11.7. The fraction of sp³-hybridized carbons (Fsp3) is 0.300. The lowest BCUT2D eigenvalue weighted by Crippen LogP contribution is -2.38. The van der Waals surface area contributed by atoms with Gasteiger partial charge in [-0.05, 0) is 48.4 Å². The molecule has 0 aliphatic carbocycles. The smallest absolute Gasteiger partial charge is 0.310 e. The van der Waals surface area contributed by atoms with Gasteiger partial charge in [0.05, 0.1) is 13.0 Å². The summed E-state index contributed by atoms with van der Waals surface area (Å²) in [6.45, 7) is 2.34. The summed E-state index contributed by atoms with van der Waals surface area (Å²) in [6, 6.07) is 12.7. The van der Waals surface area contributed by atoms with Crippen LogP contribution in [0.25, 0.3) is 0 Å². The Morgan fingerprint density at radius 3 is 2.31 bits per heavy atom. The van der Waals surface area contributed by atoms with Crippen LogP contribution >= 0.6 is 11.6 Å². The van der Waals surface area contributed by atoms with Gasteiger partial charge in [0.2, 0.25) is 0 Å². The molecule has 0 saturated heterocycles. The Labute approximate surface area is 157 Å². The molecule has 1 amide bonds. The van der Waals surface area contributed by atoms with Gasteiger partial charge in [-0.2, -0.15) is 0 Å². The number of hydrogen-bond acceptors (Lipinski definition) is 3. The monoisotopic (exact) mass is 377 g/mol. The van der Waals surface area contributed by atoms with Crippen LogP contribution in [0.2, 0.25) is 5.02 Å². The van der Waals surface area contributed by atoms with Gasteiger partial charge in [0.1, 0.15) is 5.82 Å². The summed E-state index contributed by atoms with van der Waals surface area (Å²) in [5.41, 5.74) is 1.40. The molecule has 1 unspecified atom stereocenters. The standard InChI is InChI=1S/C20H21ClFNO3/c1-14(20(25)26-2)13-23(12-11-15-3-9-18(22)10-4-15)19(24)16-5-7-17(21)8-6-16/h3-10,14H,11-13H2,1-2H3. The summed E-state index contributed by atoms with van der Waals surface area (Å²) in [4.78, 5) is 26.2. The average Bonchev–Trinajstić information content (AvgIpc) is 2.65. The van der Waals surface area contributed by atoms with E-state index >= 15 is 0 Å². The van der Waals surface area contributed by atoms with E-state index in [1.54, 1.807) is 48.2 Å². The molecule has 0 aliphatic heterocycles. The van der Waals surface area contributed by atoms with Crippen molar-refractivity contribution in [3.63, 3.8) is 0 Å². The summed E-state index contributed by atoms with van der Waals surface area (Å²) in [7, 11) is 1.32. The van der Waals surface area contributed by atoms with E-state index < -0.39 is 5.92 Å². The highest BCUT2D eigenvalue weighted by Crippen LogP contribution is 2.14. The number of halogens is 2. The first-order valence-corrected chi connectivity index (χ1v) is 8.65. The molecular weight excluding hydrogens is 357 g/mol. The highest BCUT2D eigenvalue weighted by Gasteiger charge is 2.22. The second-order valence-corrected chi connectivity index (χ2v) is 6.50. The molecule has 0 aliphatic rings. The molecule has 0 spiro atoms. The largest absolute Gasteiger partial charge is 0.469 e. The highest BCUT2D eigenvalue weighted by atomic mass is 35.5. The number of carbonyl (C=O) groups excluding carboxylic acids is 2. The van der Waals surface area contributed by atoms with Gasteiger partial charge in [0.25, 0.3) is 5.91 Å². The zero-order valence-electron chi connectivity index (χ0n) is 14.7. The Kier molecular flexibility index (Phi) is 7.16. The molecule has 0 aromatic heterocycles. The molecule has 1 atom stereocenters. The molecule has 0 saturated carbocycles. The molecule has 0 N–H and O–H groups in total. The van der Waals surface area contributed by atoms with Crippen LogP contribution in [0.3, 0.4) is 0 Å². The quantitative estimate of drug-likeness (QED) is 0.686. The summed E-state index contributed by atoms with van der Waals surface area (Å²) in [5.74, 6) is -1.33. The fourth-order valence-electron chi connectivity index (χ4n) is 2.57. The first-order valence-electron chi connectivity index (χ1n) is 8.28.